The molecule has 1 aromatic heterocycles. The molecular formula is C17H20N4O3S. The van der Waals surface area contributed by atoms with E-state index in [1.807, 2.05) is 36.6 Å². The number of carbonyl (C=O) groups excluding carboxylic acids is 2. The standard InChI is InChI=1S/C17H20N4O3S/c1-12-11-25-17(18-12)19-15(22)16(23)21-9-7-20(8-10-21)13-5-3-4-6-14(13)24-2/h3-6,11H,7-10H2,1-2H3,(H,18,19,22). The van der Waals surface area contributed by atoms with Gasteiger partial charge in [-0.15, -0.1) is 11.3 Å². The van der Waals surface area contributed by atoms with Crippen molar-refractivity contribution in [1.29, 1.82) is 0 Å². The number of carbonyl (C=O) groups is 2. The quantitative estimate of drug-likeness (QED) is 0.844. The van der Waals surface area contributed by atoms with Crippen LogP contribution in [0.4, 0.5) is 10.8 Å². The van der Waals surface area contributed by atoms with Gasteiger partial charge in [-0.1, -0.05) is 12.1 Å². The van der Waals surface area contributed by atoms with Crippen LogP contribution in [-0.4, -0.2) is 55.0 Å². The van der Waals surface area contributed by atoms with Gasteiger partial charge in [-0.05, 0) is 19.1 Å². The Morgan fingerprint density at radius 1 is 1.20 bits per heavy atom. The van der Waals surface area contributed by atoms with E-state index >= 15 is 0 Å². The molecule has 1 aliphatic rings. The number of hydrogen-bond donors (Lipinski definition) is 1. The number of benzene rings is 1. The predicted molar refractivity (Wildman–Crippen MR) is 97.3 cm³/mol. The lowest BCUT2D eigenvalue weighted by molar-refractivity contribution is -0.143. The molecule has 1 fully saturated rings. The van der Waals surface area contributed by atoms with Crippen LogP contribution in [0.15, 0.2) is 29.6 Å². The molecule has 2 aromatic rings. The first kappa shape index (κ1) is 17.2. The van der Waals surface area contributed by atoms with Crippen molar-refractivity contribution < 1.29 is 14.3 Å². The van der Waals surface area contributed by atoms with Crippen LogP contribution < -0.4 is 15.0 Å². The molecule has 0 atom stereocenters. The molecule has 1 aliphatic heterocycles. The van der Waals surface area contributed by atoms with E-state index in [0.29, 0.717) is 31.3 Å². The normalized spacial score (nSPS) is 14.3. The van der Waals surface area contributed by atoms with Gasteiger partial charge >= 0.3 is 11.8 Å². The zero-order valence-electron chi connectivity index (χ0n) is 14.2. The number of aryl methyl sites for hydroxylation is 1. The molecule has 1 saturated heterocycles. The molecule has 2 amide bonds. The Morgan fingerprint density at radius 2 is 1.92 bits per heavy atom. The topological polar surface area (TPSA) is 74.8 Å². The number of anilines is 2. The van der Waals surface area contributed by atoms with Crippen LogP contribution in [0.2, 0.25) is 0 Å². The number of amides is 2. The first-order valence-electron chi connectivity index (χ1n) is 7.99. The highest BCUT2D eigenvalue weighted by Crippen LogP contribution is 2.28. The number of nitrogens with zero attached hydrogens (tertiary/aromatic N) is 3. The summed E-state index contributed by atoms with van der Waals surface area (Å²) in [5.41, 5.74) is 1.82. The Morgan fingerprint density at radius 3 is 2.56 bits per heavy atom. The summed E-state index contributed by atoms with van der Waals surface area (Å²) in [5.74, 6) is -0.355. The molecule has 1 aromatic carbocycles. The number of thiazole rings is 1. The largest absolute Gasteiger partial charge is 0.495 e. The first-order valence-corrected chi connectivity index (χ1v) is 8.87. The van der Waals surface area contributed by atoms with Crippen molar-refractivity contribution in [3.63, 3.8) is 0 Å². The van der Waals surface area contributed by atoms with Gasteiger partial charge in [0.25, 0.3) is 0 Å². The van der Waals surface area contributed by atoms with Crippen molar-refractivity contribution in [2.45, 2.75) is 6.92 Å². The van der Waals surface area contributed by atoms with Crippen molar-refractivity contribution in [1.82, 2.24) is 9.88 Å². The number of ether oxygens (including phenoxy) is 1. The molecule has 0 spiro atoms. The van der Waals surface area contributed by atoms with Crippen LogP contribution in [0.25, 0.3) is 0 Å². The molecule has 2 heterocycles. The molecule has 3 rings (SSSR count). The predicted octanol–water partition coefficient (Wildman–Crippen LogP) is 1.75. The smallest absolute Gasteiger partial charge is 0.315 e. The fourth-order valence-electron chi connectivity index (χ4n) is 2.75. The SMILES string of the molecule is COc1ccccc1N1CCN(C(=O)C(=O)Nc2nc(C)cs2)CC1. The summed E-state index contributed by atoms with van der Waals surface area (Å²) in [5, 5.41) is 4.84. The fraction of sp³-hybridized carbons (Fsp3) is 0.353. The fourth-order valence-corrected chi connectivity index (χ4v) is 3.43. The summed E-state index contributed by atoms with van der Waals surface area (Å²) >= 11 is 1.31. The monoisotopic (exact) mass is 360 g/mol. The number of para-hydroxylation sites is 2. The van der Waals surface area contributed by atoms with Gasteiger partial charge in [0.05, 0.1) is 18.5 Å². The Bertz CT molecular complexity index is 769. The van der Waals surface area contributed by atoms with Crippen LogP contribution in [0.1, 0.15) is 5.69 Å². The molecule has 7 nitrogen and oxygen atoms in total. The Hall–Kier alpha value is -2.61. The molecule has 1 N–H and O–H groups in total. The number of piperazine rings is 1. The average Bonchev–Trinajstić information content (AvgIpc) is 3.06. The zero-order valence-corrected chi connectivity index (χ0v) is 15.0. The van der Waals surface area contributed by atoms with Gasteiger partial charge in [0, 0.05) is 31.6 Å². The van der Waals surface area contributed by atoms with Crippen LogP contribution in [0, 0.1) is 6.92 Å². The van der Waals surface area contributed by atoms with Crippen molar-refractivity contribution in [2.24, 2.45) is 0 Å². The summed E-state index contributed by atoms with van der Waals surface area (Å²) in [6.45, 7) is 4.11. The summed E-state index contributed by atoms with van der Waals surface area (Å²) in [6.07, 6.45) is 0. The van der Waals surface area contributed by atoms with Crippen molar-refractivity contribution in [3.05, 3.63) is 35.3 Å². The van der Waals surface area contributed by atoms with E-state index < -0.39 is 11.8 Å². The van der Waals surface area contributed by atoms with Gasteiger partial charge < -0.3 is 14.5 Å². The lowest BCUT2D eigenvalue weighted by Gasteiger charge is -2.36. The number of methoxy groups -OCH3 is 1. The maximum atomic E-state index is 12.3. The van der Waals surface area contributed by atoms with Crippen molar-refractivity contribution in [3.8, 4) is 5.75 Å². The molecule has 8 heteroatoms. The van der Waals surface area contributed by atoms with Crippen molar-refractivity contribution in [2.75, 3.05) is 43.5 Å². The van der Waals surface area contributed by atoms with Gasteiger partial charge in [0.1, 0.15) is 5.75 Å². The minimum atomic E-state index is -0.639. The zero-order chi connectivity index (χ0) is 17.8. The second-order valence-corrected chi connectivity index (χ2v) is 6.56. The van der Waals surface area contributed by atoms with Crippen LogP contribution in [-0.2, 0) is 9.59 Å². The van der Waals surface area contributed by atoms with Gasteiger partial charge in [0.2, 0.25) is 0 Å². The number of nitrogens with one attached hydrogen (secondary N) is 1. The Balaban J connectivity index is 1.58. The van der Waals surface area contributed by atoms with Gasteiger partial charge in [-0.3, -0.25) is 14.9 Å². The number of aromatic nitrogens is 1. The summed E-state index contributed by atoms with van der Waals surface area (Å²) < 4.78 is 5.39. The van der Waals surface area contributed by atoms with E-state index in [0.717, 1.165) is 17.1 Å². The minimum absolute atomic E-state index is 0.448. The third-order valence-electron chi connectivity index (χ3n) is 4.03. The van der Waals surface area contributed by atoms with Crippen LogP contribution in [0.3, 0.4) is 0 Å². The molecule has 0 unspecified atom stereocenters. The number of rotatable bonds is 3. The Kier molecular flexibility index (Phi) is 5.18. The summed E-state index contributed by atoms with van der Waals surface area (Å²) in [7, 11) is 1.64. The summed E-state index contributed by atoms with van der Waals surface area (Å²) in [4.78, 5) is 32.3. The highest BCUT2D eigenvalue weighted by molar-refractivity contribution is 7.14. The lowest BCUT2D eigenvalue weighted by Crippen LogP contribution is -2.51. The van der Waals surface area contributed by atoms with Crippen molar-refractivity contribution >= 4 is 34.0 Å². The van der Waals surface area contributed by atoms with Gasteiger partial charge in [0.15, 0.2) is 5.13 Å². The highest BCUT2D eigenvalue weighted by atomic mass is 32.1. The second-order valence-electron chi connectivity index (χ2n) is 5.70. The first-order chi connectivity index (χ1) is 12.1. The molecule has 0 saturated carbocycles. The third-order valence-corrected chi connectivity index (χ3v) is 4.90. The average molecular weight is 360 g/mol. The molecule has 25 heavy (non-hydrogen) atoms. The van der Waals surface area contributed by atoms with Gasteiger partial charge in [-0.25, -0.2) is 4.98 Å². The van der Waals surface area contributed by atoms with E-state index in [4.69, 9.17) is 4.74 Å². The molecular weight excluding hydrogens is 340 g/mol. The minimum Gasteiger partial charge on any atom is -0.495 e. The second kappa shape index (κ2) is 7.52. The molecule has 0 bridgehead atoms. The third kappa shape index (κ3) is 3.90. The highest BCUT2D eigenvalue weighted by Gasteiger charge is 2.27. The maximum Gasteiger partial charge on any atom is 0.315 e. The number of hydrogen-bond acceptors (Lipinski definition) is 6. The Labute approximate surface area is 150 Å². The van der Waals surface area contributed by atoms with E-state index in [-0.39, 0.29) is 0 Å². The van der Waals surface area contributed by atoms with E-state index in [9.17, 15) is 9.59 Å². The van der Waals surface area contributed by atoms with E-state index in [2.05, 4.69) is 15.2 Å². The lowest BCUT2D eigenvalue weighted by atomic mass is 10.2. The molecule has 0 radical (unpaired) electrons. The van der Waals surface area contributed by atoms with Crippen LogP contribution in [0.5, 0.6) is 5.75 Å². The van der Waals surface area contributed by atoms with Crippen LogP contribution >= 0.6 is 11.3 Å². The summed E-state index contributed by atoms with van der Waals surface area (Å²) in [6, 6.07) is 7.79. The van der Waals surface area contributed by atoms with E-state index in [1.165, 1.54) is 11.3 Å². The molecule has 132 valence electrons. The van der Waals surface area contributed by atoms with Gasteiger partial charge in [-0.2, -0.15) is 0 Å². The van der Waals surface area contributed by atoms with E-state index in [1.54, 1.807) is 12.0 Å². The molecule has 0 aliphatic carbocycles. The maximum absolute atomic E-state index is 12.3.